The van der Waals surface area contributed by atoms with Gasteiger partial charge < -0.3 is 10.6 Å². The molecule has 2 rings (SSSR count). The van der Waals surface area contributed by atoms with Crippen LogP contribution in [0, 0.1) is 0 Å². The maximum absolute atomic E-state index is 11.9. The molecule has 2 fully saturated rings. The molecule has 1 atom stereocenters. The second kappa shape index (κ2) is 9.05. The number of hydrogen-bond donors (Lipinski definition) is 2. The van der Waals surface area contributed by atoms with Crippen LogP contribution in [0.1, 0.15) is 44.9 Å². The van der Waals surface area contributed by atoms with Gasteiger partial charge in [0.2, 0.25) is 5.91 Å². The molecule has 2 N–H and O–H groups in total. The molecule has 2 aliphatic rings. The Kier molecular flexibility index (Phi) is 8.11. The van der Waals surface area contributed by atoms with E-state index in [0.717, 1.165) is 12.3 Å². The van der Waals surface area contributed by atoms with E-state index < -0.39 is 0 Å². The highest BCUT2D eigenvalue weighted by Crippen LogP contribution is 2.17. The normalized spacial score (nSPS) is 25.9. The average Bonchev–Trinajstić information content (AvgIpc) is 2.59. The van der Waals surface area contributed by atoms with E-state index in [-0.39, 0.29) is 18.3 Å². The second-order valence-electron chi connectivity index (χ2n) is 5.19. The SMILES string of the molecule is Cl.O=C(CC1CSCCN1)NC1CCCCCC1. The van der Waals surface area contributed by atoms with Gasteiger partial charge in [-0.3, -0.25) is 4.79 Å². The van der Waals surface area contributed by atoms with Crippen LogP contribution in [0.2, 0.25) is 0 Å². The predicted octanol–water partition coefficient (Wildman–Crippen LogP) is 2.34. The fourth-order valence-electron chi connectivity index (χ4n) is 2.68. The molecule has 0 aromatic heterocycles. The fourth-order valence-corrected chi connectivity index (χ4v) is 3.63. The molecule has 0 spiro atoms. The van der Waals surface area contributed by atoms with Crippen LogP contribution >= 0.6 is 24.2 Å². The lowest BCUT2D eigenvalue weighted by Crippen LogP contribution is -2.43. The van der Waals surface area contributed by atoms with E-state index in [2.05, 4.69) is 10.6 Å². The lowest BCUT2D eigenvalue weighted by molar-refractivity contribution is -0.122. The summed E-state index contributed by atoms with van der Waals surface area (Å²) in [5, 5.41) is 6.64. The van der Waals surface area contributed by atoms with Crippen LogP contribution in [0.25, 0.3) is 0 Å². The first-order valence-electron chi connectivity index (χ1n) is 6.95. The Morgan fingerprint density at radius 1 is 1.22 bits per heavy atom. The van der Waals surface area contributed by atoms with E-state index in [1.165, 1.54) is 44.3 Å². The minimum atomic E-state index is 0. The van der Waals surface area contributed by atoms with Gasteiger partial charge in [-0.05, 0) is 12.8 Å². The van der Waals surface area contributed by atoms with Crippen molar-refractivity contribution in [2.45, 2.75) is 57.0 Å². The van der Waals surface area contributed by atoms with Gasteiger partial charge in [-0.1, -0.05) is 25.7 Å². The second-order valence-corrected chi connectivity index (χ2v) is 6.34. The Morgan fingerprint density at radius 2 is 1.94 bits per heavy atom. The Bertz CT molecular complexity index is 239. The molecule has 18 heavy (non-hydrogen) atoms. The summed E-state index contributed by atoms with van der Waals surface area (Å²) in [7, 11) is 0. The molecular formula is C13H25ClN2OS. The molecule has 0 aromatic carbocycles. The third-order valence-corrected chi connectivity index (χ3v) is 4.78. The monoisotopic (exact) mass is 292 g/mol. The van der Waals surface area contributed by atoms with Gasteiger partial charge in [-0.15, -0.1) is 12.4 Å². The number of amides is 1. The number of rotatable bonds is 3. The number of nitrogens with one attached hydrogen (secondary N) is 2. The molecular weight excluding hydrogens is 268 g/mol. The molecule has 0 radical (unpaired) electrons. The number of hydrogen-bond acceptors (Lipinski definition) is 3. The Morgan fingerprint density at radius 3 is 2.56 bits per heavy atom. The molecule has 1 heterocycles. The summed E-state index contributed by atoms with van der Waals surface area (Å²) in [4.78, 5) is 11.9. The molecule has 1 amide bonds. The summed E-state index contributed by atoms with van der Waals surface area (Å²) in [6.45, 7) is 1.05. The Balaban J connectivity index is 0.00000162. The number of carbonyl (C=O) groups excluding carboxylic acids is 1. The predicted molar refractivity (Wildman–Crippen MR) is 80.6 cm³/mol. The van der Waals surface area contributed by atoms with Gasteiger partial charge in [-0.25, -0.2) is 0 Å². The molecule has 3 nitrogen and oxygen atoms in total. The molecule has 1 saturated carbocycles. The molecule has 1 unspecified atom stereocenters. The van der Waals surface area contributed by atoms with Crippen LogP contribution in [-0.2, 0) is 4.79 Å². The summed E-state index contributed by atoms with van der Waals surface area (Å²) in [6.07, 6.45) is 8.26. The van der Waals surface area contributed by atoms with Gasteiger partial charge in [0.05, 0.1) is 0 Å². The summed E-state index contributed by atoms with van der Waals surface area (Å²) in [6, 6.07) is 0.834. The highest BCUT2D eigenvalue weighted by molar-refractivity contribution is 7.99. The standard InChI is InChI=1S/C13H24N2OS.ClH/c16-13(9-12-10-17-8-7-14-12)15-11-5-3-1-2-4-6-11;/h11-12,14H,1-10H2,(H,15,16);1H. The summed E-state index contributed by atoms with van der Waals surface area (Å²) in [5.74, 6) is 2.51. The smallest absolute Gasteiger partial charge is 0.221 e. The topological polar surface area (TPSA) is 41.1 Å². The lowest BCUT2D eigenvalue weighted by atomic mass is 10.1. The summed E-state index contributed by atoms with van der Waals surface area (Å²) < 4.78 is 0. The summed E-state index contributed by atoms with van der Waals surface area (Å²) in [5.41, 5.74) is 0. The van der Waals surface area contributed by atoms with Crippen molar-refractivity contribution in [2.24, 2.45) is 0 Å². The molecule has 1 aliphatic carbocycles. The van der Waals surface area contributed by atoms with E-state index in [1.807, 2.05) is 11.8 Å². The van der Waals surface area contributed by atoms with E-state index >= 15 is 0 Å². The molecule has 0 bridgehead atoms. The van der Waals surface area contributed by atoms with Crippen LogP contribution in [-0.4, -0.2) is 36.0 Å². The largest absolute Gasteiger partial charge is 0.353 e. The van der Waals surface area contributed by atoms with E-state index in [0.29, 0.717) is 18.5 Å². The molecule has 1 saturated heterocycles. The van der Waals surface area contributed by atoms with Gasteiger partial charge in [-0.2, -0.15) is 11.8 Å². The van der Waals surface area contributed by atoms with Crippen molar-refractivity contribution in [1.82, 2.24) is 10.6 Å². The maximum atomic E-state index is 11.9. The van der Waals surface area contributed by atoms with Crippen molar-refractivity contribution < 1.29 is 4.79 Å². The number of carbonyl (C=O) groups is 1. The third kappa shape index (κ3) is 5.81. The number of halogens is 1. The van der Waals surface area contributed by atoms with Gasteiger partial charge in [0.15, 0.2) is 0 Å². The number of thioether (sulfide) groups is 1. The van der Waals surface area contributed by atoms with E-state index in [9.17, 15) is 4.79 Å². The zero-order chi connectivity index (χ0) is 11.9. The first-order valence-corrected chi connectivity index (χ1v) is 8.10. The van der Waals surface area contributed by atoms with Crippen LogP contribution in [0.3, 0.4) is 0 Å². The van der Waals surface area contributed by atoms with E-state index in [1.54, 1.807) is 0 Å². The average molecular weight is 293 g/mol. The van der Waals surface area contributed by atoms with Crippen LogP contribution in [0.4, 0.5) is 0 Å². The highest BCUT2D eigenvalue weighted by Gasteiger charge is 2.19. The lowest BCUT2D eigenvalue weighted by Gasteiger charge is -2.24. The zero-order valence-electron chi connectivity index (χ0n) is 11.0. The first kappa shape index (κ1) is 16.1. The van der Waals surface area contributed by atoms with E-state index in [4.69, 9.17) is 0 Å². The minimum Gasteiger partial charge on any atom is -0.353 e. The van der Waals surface area contributed by atoms with Gasteiger partial charge in [0.1, 0.15) is 0 Å². The van der Waals surface area contributed by atoms with Crippen molar-refractivity contribution >= 4 is 30.1 Å². The van der Waals surface area contributed by atoms with Crippen molar-refractivity contribution in [1.29, 1.82) is 0 Å². The van der Waals surface area contributed by atoms with Crippen molar-refractivity contribution in [2.75, 3.05) is 18.1 Å². The van der Waals surface area contributed by atoms with Crippen LogP contribution in [0.5, 0.6) is 0 Å². The molecule has 1 aliphatic heterocycles. The summed E-state index contributed by atoms with van der Waals surface area (Å²) >= 11 is 1.95. The highest BCUT2D eigenvalue weighted by atomic mass is 35.5. The maximum Gasteiger partial charge on any atom is 0.221 e. The van der Waals surface area contributed by atoms with Gasteiger partial charge in [0, 0.05) is 36.6 Å². The van der Waals surface area contributed by atoms with Crippen molar-refractivity contribution in [3.8, 4) is 0 Å². The van der Waals surface area contributed by atoms with Crippen LogP contribution in [0.15, 0.2) is 0 Å². The van der Waals surface area contributed by atoms with Gasteiger partial charge in [0.25, 0.3) is 0 Å². The molecule has 5 heteroatoms. The first-order chi connectivity index (χ1) is 8.34. The molecule has 106 valence electrons. The fraction of sp³-hybridized carbons (Fsp3) is 0.923. The Labute approximate surface area is 121 Å². The third-order valence-electron chi connectivity index (χ3n) is 3.65. The quantitative estimate of drug-likeness (QED) is 0.785. The molecule has 0 aromatic rings. The van der Waals surface area contributed by atoms with Crippen molar-refractivity contribution in [3.05, 3.63) is 0 Å². The van der Waals surface area contributed by atoms with Crippen LogP contribution < -0.4 is 10.6 Å². The van der Waals surface area contributed by atoms with Crippen molar-refractivity contribution in [3.63, 3.8) is 0 Å². The zero-order valence-corrected chi connectivity index (χ0v) is 12.6. The Hall–Kier alpha value is 0.0700. The van der Waals surface area contributed by atoms with Gasteiger partial charge >= 0.3 is 0 Å². The minimum absolute atomic E-state index is 0.